The maximum absolute atomic E-state index is 8.65. The highest BCUT2D eigenvalue weighted by Gasteiger charge is 2.04. The van der Waals surface area contributed by atoms with E-state index in [-0.39, 0.29) is 0 Å². The number of nitriles is 1. The highest BCUT2D eigenvalue weighted by atomic mass is 32.2. The zero-order chi connectivity index (χ0) is 16.1. The molecule has 0 aliphatic carbocycles. The minimum atomic E-state index is 0.572. The average Bonchev–Trinajstić information content (AvgIpc) is 2.99. The van der Waals surface area contributed by atoms with E-state index >= 15 is 0 Å². The van der Waals surface area contributed by atoms with Gasteiger partial charge in [0, 0.05) is 0 Å². The molecule has 3 rings (SSSR count). The van der Waals surface area contributed by atoms with Crippen LogP contribution in [0.2, 0.25) is 0 Å². The molecule has 0 radical (unpaired) electrons. The normalized spacial score (nSPS) is 11.4. The minimum absolute atomic E-state index is 0.572. The number of nitrogens with zero attached hydrogens (tertiary/aromatic N) is 5. The largest absolute Gasteiger partial charge is 0.271 e. The predicted octanol–water partition coefficient (Wildman–Crippen LogP) is 2.90. The lowest BCUT2D eigenvalue weighted by Gasteiger charge is -2.04. The highest BCUT2D eigenvalue weighted by Crippen LogP contribution is 2.17. The summed E-state index contributed by atoms with van der Waals surface area (Å²) in [6, 6.07) is 15.7. The van der Waals surface area contributed by atoms with Gasteiger partial charge in [0.2, 0.25) is 0 Å². The van der Waals surface area contributed by atoms with Gasteiger partial charge in [-0.25, -0.2) is 9.67 Å². The molecule has 23 heavy (non-hydrogen) atoms. The van der Waals surface area contributed by atoms with Crippen molar-refractivity contribution in [3.05, 3.63) is 54.1 Å². The molecule has 0 saturated heterocycles. The molecule has 1 aromatic heterocycles. The maximum Gasteiger partial charge on any atom is 0.183 e. The Bertz CT molecular complexity index is 875. The number of benzene rings is 2. The summed E-state index contributed by atoms with van der Waals surface area (Å²) in [5, 5.41) is 20.1. The molecule has 114 valence electrons. The molecule has 0 spiro atoms. The van der Waals surface area contributed by atoms with Gasteiger partial charge in [0.25, 0.3) is 0 Å². The molecule has 0 aliphatic rings. The summed E-state index contributed by atoms with van der Waals surface area (Å²) < 4.78 is 1.87. The number of thioether (sulfide) groups is 1. The molecule has 0 saturated carbocycles. The standard InChI is InChI=1S/C16H14N6S/c1-23-16(18-11-17)19-13-8-6-12(7-9-13)10-22-15-5-3-2-4-14(15)20-21-22/h2-9H,10H2,1H3,(H,18,19). The van der Waals surface area contributed by atoms with Crippen LogP contribution in [-0.4, -0.2) is 26.4 Å². The Morgan fingerprint density at radius 2 is 2.04 bits per heavy atom. The second kappa shape index (κ2) is 6.94. The van der Waals surface area contributed by atoms with Crippen molar-refractivity contribution in [1.29, 1.82) is 5.26 Å². The quantitative estimate of drug-likeness (QED) is 0.347. The molecule has 6 nitrogen and oxygen atoms in total. The third kappa shape index (κ3) is 3.49. The Labute approximate surface area is 137 Å². The molecule has 7 heteroatoms. The number of fused-ring (bicyclic) bond motifs is 1. The Kier molecular flexibility index (Phi) is 4.54. The van der Waals surface area contributed by atoms with E-state index < -0.39 is 0 Å². The number of para-hydroxylation sites is 1. The molecule has 0 bridgehead atoms. The molecule has 1 N–H and O–H groups in total. The molecule has 0 unspecified atom stereocenters. The van der Waals surface area contributed by atoms with Gasteiger partial charge < -0.3 is 0 Å². The summed E-state index contributed by atoms with van der Waals surface area (Å²) in [6.45, 7) is 0.649. The Morgan fingerprint density at radius 1 is 1.26 bits per heavy atom. The molecule has 3 aromatic rings. The first-order valence-corrected chi connectivity index (χ1v) is 8.17. The third-order valence-corrected chi connectivity index (χ3v) is 3.86. The van der Waals surface area contributed by atoms with Gasteiger partial charge in [0.15, 0.2) is 11.4 Å². The lowest BCUT2D eigenvalue weighted by molar-refractivity contribution is 0.670. The monoisotopic (exact) mass is 322 g/mol. The first kappa shape index (κ1) is 15.1. The van der Waals surface area contributed by atoms with Crippen molar-refractivity contribution in [2.45, 2.75) is 6.54 Å². The Hall–Kier alpha value is -2.85. The second-order valence-corrected chi connectivity index (χ2v) is 5.56. The van der Waals surface area contributed by atoms with Gasteiger partial charge in [-0.05, 0) is 36.1 Å². The first-order valence-electron chi connectivity index (χ1n) is 6.95. The van der Waals surface area contributed by atoms with Crippen LogP contribution in [-0.2, 0) is 6.54 Å². The van der Waals surface area contributed by atoms with Crippen molar-refractivity contribution in [3.63, 3.8) is 0 Å². The van der Waals surface area contributed by atoms with Crippen LogP contribution in [0, 0.1) is 11.5 Å². The topological polar surface area (TPSA) is 78.9 Å². The fraction of sp³-hybridized carbons (Fsp3) is 0.125. The van der Waals surface area contributed by atoms with Crippen LogP contribution >= 0.6 is 11.8 Å². The van der Waals surface area contributed by atoms with E-state index in [1.54, 1.807) is 0 Å². The molecule has 0 fully saturated rings. The van der Waals surface area contributed by atoms with Crippen LogP contribution in [0.5, 0.6) is 0 Å². The fourth-order valence-corrected chi connectivity index (χ4v) is 2.52. The number of amidine groups is 1. The van der Waals surface area contributed by atoms with Gasteiger partial charge in [-0.3, -0.25) is 5.32 Å². The van der Waals surface area contributed by atoms with E-state index in [9.17, 15) is 0 Å². The predicted molar refractivity (Wildman–Crippen MR) is 92.4 cm³/mol. The Morgan fingerprint density at radius 3 is 2.78 bits per heavy atom. The van der Waals surface area contributed by atoms with Gasteiger partial charge in [-0.1, -0.05) is 41.2 Å². The van der Waals surface area contributed by atoms with Gasteiger partial charge in [0.1, 0.15) is 5.52 Å². The van der Waals surface area contributed by atoms with Crippen molar-refractivity contribution in [3.8, 4) is 6.19 Å². The molecule has 0 aliphatic heterocycles. The zero-order valence-electron chi connectivity index (χ0n) is 12.5. The minimum Gasteiger partial charge on any atom is -0.271 e. The lowest BCUT2D eigenvalue weighted by atomic mass is 10.2. The first-order chi connectivity index (χ1) is 11.3. The maximum atomic E-state index is 8.65. The number of nitrogens with one attached hydrogen (secondary N) is 1. The van der Waals surface area contributed by atoms with E-state index in [2.05, 4.69) is 20.6 Å². The molecular formula is C16H14N6S. The molecule has 0 atom stereocenters. The van der Waals surface area contributed by atoms with Crippen LogP contribution in [0.25, 0.3) is 11.0 Å². The van der Waals surface area contributed by atoms with Crippen LogP contribution < -0.4 is 5.32 Å². The second-order valence-electron chi connectivity index (χ2n) is 4.76. The highest BCUT2D eigenvalue weighted by molar-refractivity contribution is 8.13. The fourth-order valence-electron chi connectivity index (χ4n) is 2.17. The van der Waals surface area contributed by atoms with E-state index in [1.165, 1.54) is 11.8 Å². The van der Waals surface area contributed by atoms with E-state index in [4.69, 9.17) is 5.26 Å². The molecule has 1 heterocycles. The number of rotatable bonds is 3. The number of aromatic nitrogens is 3. The van der Waals surface area contributed by atoms with Crippen molar-refractivity contribution in [2.24, 2.45) is 4.99 Å². The van der Waals surface area contributed by atoms with Crippen molar-refractivity contribution in [1.82, 2.24) is 20.3 Å². The van der Waals surface area contributed by atoms with E-state index in [0.717, 1.165) is 22.3 Å². The smallest absolute Gasteiger partial charge is 0.183 e. The van der Waals surface area contributed by atoms with Crippen LogP contribution in [0.4, 0.5) is 5.69 Å². The summed E-state index contributed by atoms with van der Waals surface area (Å²) in [7, 11) is 0. The number of hydrogen-bond donors (Lipinski definition) is 1. The van der Waals surface area contributed by atoms with Crippen LogP contribution in [0.15, 0.2) is 53.5 Å². The molecular weight excluding hydrogens is 308 g/mol. The van der Waals surface area contributed by atoms with Gasteiger partial charge in [-0.15, -0.1) is 5.10 Å². The number of aliphatic imine (C=N–C) groups is 1. The lowest BCUT2D eigenvalue weighted by Crippen LogP contribution is -2.12. The van der Waals surface area contributed by atoms with Crippen molar-refractivity contribution >= 4 is 33.7 Å². The third-order valence-electron chi connectivity index (χ3n) is 3.28. The molecule has 0 amide bonds. The molecule has 2 aromatic carbocycles. The van der Waals surface area contributed by atoms with Crippen LogP contribution in [0.1, 0.15) is 5.56 Å². The van der Waals surface area contributed by atoms with Gasteiger partial charge >= 0.3 is 0 Å². The van der Waals surface area contributed by atoms with E-state index in [0.29, 0.717) is 11.7 Å². The summed E-state index contributed by atoms with van der Waals surface area (Å²) in [4.78, 5) is 4.37. The summed E-state index contributed by atoms with van der Waals surface area (Å²) >= 11 is 1.39. The summed E-state index contributed by atoms with van der Waals surface area (Å²) in [6.07, 6.45) is 3.75. The van der Waals surface area contributed by atoms with E-state index in [1.807, 2.05) is 65.7 Å². The van der Waals surface area contributed by atoms with Gasteiger partial charge in [-0.2, -0.15) is 5.26 Å². The van der Waals surface area contributed by atoms with Crippen molar-refractivity contribution in [2.75, 3.05) is 6.26 Å². The SMILES string of the molecule is CSC(=Nc1ccc(Cn2nnc3ccccc32)cc1)NC#N. The van der Waals surface area contributed by atoms with Gasteiger partial charge in [0.05, 0.1) is 17.7 Å². The Balaban J connectivity index is 1.79. The number of hydrogen-bond acceptors (Lipinski definition) is 5. The summed E-state index contributed by atoms with van der Waals surface area (Å²) in [5.41, 5.74) is 3.81. The average molecular weight is 322 g/mol. The van der Waals surface area contributed by atoms with Crippen molar-refractivity contribution < 1.29 is 0 Å². The summed E-state index contributed by atoms with van der Waals surface area (Å²) in [5.74, 6) is 0. The van der Waals surface area contributed by atoms with Crippen LogP contribution in [0.3, 0.4) is 0 Å². The zero-order valence-corrected chi connectivity index (χ0v) is 13.3.